The fourth-order valence-electron chi connectivity index (χ4n) is 4.52. The molecular weight excluding hydrogens is 530 g/mol. The summed E-state index contributed by atoms with van der Waals surface area (Å²) in [5.74, 6) is 0.907. The summed E-state index contributed by atoms with van der Waals surface area (Å²) in [6, 6.07) is 10.5. The van der Waals surface area contributed by atoms with Gasteiger partial charge in [-0.1, -0.05) is 57.8 Å². The van der Waals surface area contributed by atoms with Crippen LogP contribution in [0, 0.1) is 0 Å². The molecule has 0 bridgehead atoms. The number of aromatic nitrogens is 3. The molecule has 0 unspecified atom stereocenters. The Morgan fingerprint density at radius 2 is 1.68 bits per heavy atom. The van der Waals surface area contributed by atoms with Gasteiger partial charge in [0.15, 0.2) is 6.79 Å². The summed E-state index contributed by atoms with van der Waals surface area (Å²) >= 11 is 6.07. The van der Waals surface area contributed by atoms with Gasteiger partial charge in [0.05, 0.1) is 11.4 Å². The fourth-order valence-corrected chi connectivity index (χ4v) is 6.14. The lowest BCUT2D eigenvalue weighted by Gasteiger charge is -2.17. The molecule has 9 heteroatoms. The number of rotatable bonds is 13. The number of pyridine rings is 1. The molecule has 0 saturated heterocycles. The maximum atomic E-state index is 6.14. The molecule has 6 nitrogen and oxygen atoms in total. The van der Waals surface area contributed by atoms with Crippen LogP contribution in [-0.4, -0.2) is 50.9 Å². The molecule has 4 rings (SSSR count). The standard InChI is InChI=1S/C29H42ClN3O3Si2/c1-8-21-15-24-23(17-26(21)36-20-35-12-14-38(5,6)7)16-25-28(22-9-10-27(30)31-18-22)32-33(29(24)25)19-34-11-13-37(2,3)4/h9-10,15,17-18H,8,11-14,16,19-20H2,1-7H3. The number of ether oxygens (including phenoxy) is 3. The molecule has 0 N–H and O–H groups in total. The van der Waals surface area contributed by atoms with Gasteiger partial charge in [-0.15, -0.1) is 0 Å². The summed E-state index contributed by atoms with van der Waals surface area (Å²) < 4.78 is 20.1. The van der Waals surface area contributed by atoms with E-state index in [0.717, 1.165) is 60.8 Å². The summed E-state index contributed by atoms with van der Waals surface area (Å²) in [5, 5.41) is 5.48. The van der Waals surface area contributed by atoms with Gasteiger partial charge in [0, 0.05) is 58.7 Å². The highest BCUT2D eigenvalue weighted by Gasteiger charge is 2.30. The Hall–Kier alpha value is -1.98. The predicted octanol–water partition coefficient (Wildman–Crippen LogP) is 7.74. The maximum Gasteiger partial charge on any atom is 0.189 e. The van der Waals surface area contributed by atoms with Crippen molar-refractivity contribution in [2.24, 2.45) is 0 Å². The molecule has 1 aliphatic carbocycles. The van der Waals surface area contributed by atoms with E-state index in [2.05, 4.69) is 63.3 Å². The van der Waals surface area contributed by atoms with Crippen LogP contribution in [0.3, 0.4) is 0 Å². The summed E-state index contributed by atoms with van der Waals surface area (Å²) in [6.07, 6.45) is 3.46. The Bertz CT molecular complexity index is 1250. The second-order valence-corrected chi connectivity index (χ2v) is 24.2. The Morgan fingerprint density at radius 3 is 2.32 bits per heavy atom. The number of nitrogens with zero attached hydrogens (tertiary/aromatic N) is 3. The van der Waals surface area contributed by atoms with Gasteiger partial charge in [-0.3, -0.25) is 0 Å². The van der Waals surface area contributed by atoms with E-state index in [1.807, 2.05) is 16.8 Å². The van der Waals surface area contributed by atoms with Crippen LogP contribution in [0.4, 0.5) is 0 Å². The molecule has 0 atom stereocenters. The summed E-state index contributed by atoms with van der Waals surface area (Å²) in [5.41, 5.74) is 7.84. The monoisotopic (exact) mass is 571 g/mol. The third-order valence-corrected chi connectivity index (χ3v) is 10.5. The summed E-state index contributed by atoms with van der Waals surface area (Å²) in [7, 11) is -2.29. The normalized spacial score (nSPS) is 13.1. The Kier molecular flexibility index (Phi) is 9.20. The highest BCUT2D eigenvalue weighted by molar-refractivity contribution is 6.76. The Balaban J connectivity index is 1.60. The molecule has 2 aromatic heterocycles. The average molecular weight is 572 g/mol. The van der Waals surface area contributed by atoms with Gasteiger partial charge in [-0.05, 0) is 53.9 Å². The fraction of sp³-hybridized carbons (Fsp3) is 0.517. The van der Waals surface area contributed by atoms with E-state index in [1.54, 1.807) is 6.20 Å². The molecule has 3 aromatic rings. The van der Waals surface area contributed by atoms with Crippen molar-refractivity contribution in [1.29, 1.82) is 0 Å². The first-order chi connectivity index (χ1) is 17.9. The van der Waals surface area contributed by atoms with Crippen LogP contribution >= 0.6 is 11.6 Å². The summed E-state index contributed by atoms with van der Waals surface area (Å²) in [4.78, 5) is 4.31. The first-order valence-electron chi connectivity index (χ1n) is 13.6. The van der Waals surface area contributed by atoms with E-state index in [0.29, 0.717) is 11.9 Å². The zero-order valence-electron chi connectivity index (χ0n) is 24.0. The van der Waals surface area contributed by atoms with Crippen molar-refractivity contribution in [1.82, 2.24) is 14.8 Å². The lowest BCUT2D eigenvalue weighted by molar-refractivity contribution is 0.0215. The van der Waals surface area contributed by atoms with Crippen LogP contribution in [0.15, 0.2) is 30.5 Å². The van der Waals surface area contributed by atoms with E-state index in [1.165, 1.54) is 22.3 Å². The number of benzene rings is 1. The van der Waals surface area contributed by atoms with Crippen LogP contribution < -0.4 is 4.74 Å². The Morgan fingerprint density at radius 1 is 0.974 bits per heavy atom. The van der Waals surface area contributed by atoms with Gasteiger partial charge >= 0.3 is 0 Å². The van der Waals surface area contributed by atoms with Gasteiger partial charge in [-0.2, -0.15) is 5.10 Å². The molecule has 0 radical (unpaired) electrons. The minimum Gasteiger partial charge on any atom is -0.467 e. The van der Waals surface area contributed by atoms with Crippen molar-refractivity contribution in [2.45, 2.75) is 77.9 Å². The molecule has 206 valence electrons. The molecule has 0 amide bonds. The summed E-state index contributed by atoms with van der Waals surface area (Å²) in [6.45, 7) is 18.6. The van der Waals surface area contributed by atoms with Gasteiger partial charge in [0.2, 0.25) is 0 Å². The van der Waals surface area contributed by atoms with Crippen molar-refractivity contribution in [2.75, 3.05) is 20.0 Å². The number of hydrogen-bond donors (Lipinski definition) is 0. The SMILES string of the molecule is CCc1cc2c(cc1OCOCC[Si](C)(C)C)Cc1c(-c3ccc(Cl)nc3)nn(COCC[Si](C)(C)C)c1-2. The largest absolute Gasteiger partial charge is 0.467 e. The first kappa shape index (κ1) is 29.0. The molecule has 2 heterocycles. The third-order valence-electron chi connectivity index (χ3n) is 6.85. The van der Waals surface area contributed by atoms with E-state index < -0.39 is 16.1 Å². The molecule has 0 fully saturated rings. The van der Waals surface area contributed by atoms with Crippen LogP contribution in [0.2, 0.25) is 56.5 Å². The second-order valence-electron chi connectivity index (χ2n) is 12.5. The van der Waals surface area contributed by atoms with Gasteiger partial charge in [0.25, 0.3) is 0 Å². The van der Waals surface area contributed by atoms with Gasteiger partial charge in [0.1, 0.15) is 17.6 Å². The number of fused-ring (bicyclic) bond motifs is 3. The van der Waals surface area contributed by atoms with Crippen molar-refractivity contribution in [3.8, 4) is 28.3 Å². The number of hydrogen-bond acceptors (Lipinski definition) is 5. The van der Waals surface area contributed by atoms with Gasteiger partial charge in [-0.25, -0.2) is 9.67 Å². The Labute approximate surface area is 234 Å². The minimum absolute atomic E-state index is 0.281. The topological polar surface area (TPSA) is 58.4 Å². The number of aryl methyl sites for hydroxylation is 1. The van der Waals surface area contributed by atoms with E-state index in [-0.39, 0.29) is 6.79 Å². The third kappa shape index (κ3) is 7.36. The van der Waals surface area contributed by atoms with Crippen LogP contribution in [0.5, 0.6) is 5.75 Å². The first-order valence-corrected chi connectivity index (χ1v) is 21.4. The van der Waals surface area contributed by atoms with Crippen molar-refractivity contribution < 1.29 is 14.2 Å². The molecule has 0 aliphatic heterocycles. The molecule has 0 saturated carbocycles. The molecular formula is C29H42ClN3O3Si2. The minimum atomic E-state index is -1.17. The predicted molar refractivity (Wildman–Crippen MR) is 162 cm³/mol. The maximum absolute atomic E-state index is 6.14. The van der Waals surface area contributed by atoms with Crippen LogP contribution in [-0.2, 0) is 29.0 Å². The highest BCUT2D eigenvalue weighted by Crippen LogP contribution is 2.44. The van der Waals surface area contributed by atoms with Crippen molar-refractivity contribution in [3.63, 3.8) is 0 Å². The van der Waals surface area contributed by atoms with Crippen LogP contribution in [0.25, 0.3) is 22.5 Å². The van der Waals surface area contributed by atoms with E-state index >= 15 is 0 Å². The molecule has 1 aliphatic rings. The lowest BCUT2D eigenvalue weighted by Crippen LogP contribution is -2.22. The van der Waals surface area contributed by atoms with Crippen molar-refractivity contribution >= 4 is 27.7 Å². The quantitative estimate of drug-likeness (QED) is 0.0711. The lowest BCUT2D eigenvalue weighted by atomic mass is 10.0. The number of halogens is 1. The zero-order valence-corrected chi connectivity index (χ0v) is 26.7. The second kappa shape index (κ2) is 12.0. The van der Waals surface area contributed by atoms with E-state index in [9.17, 15) is 0 Å². The van der Waals surface area contributed by atoms with Gasteiger partial charge < -0.3 is 14.2 Å². The molecule has 38 heavy (non-hydrogen) atoms. The average Bonchev–Trinajstić information content (AvgIpc) is 3.37. The van der Waals surface area contributed by atoms with E-state index in [4.69, 9.17) is 30.9 Å². The van der Waals surface area contributed by atoms with Crippen molar-refractivity contribution in [3.05, 3.63) is 52.3 Å². The highest BCUT2D eigenvalue weighted by atomic mass is 35.5. The molecule has 0 spiro atoms. The van der Waals surface area contributed by atoms with Crippen LogP contribution in [0.1, 0.15) is 23.6 Å². The zero-order chi connectivity index (χ0) is 27.5. The smallest absolute Gasteiger partial charge is 0.189 e. The molecule has 1 aromatic carbocycles.